The van der Waals surface area contributed by atoms with Gasteiger partial charge in [-0.15, -0.1) is 12.3 Å². The van der Waals surface area contributed by atoms with Gasteiger partial charge in [0.1, 0.15) is 0 Å². The van der Waals surface area contributed by atoms with Gasteiger partial charge in [-0.2, -0.15) is 0 Å². The molecule has 0 amide bonds. The molecule has 0 aliphatic heterocycles. The molecule has 0 atom stereocenters. The van der Waals surface area contributed by atoms with Gasteiger partial charge in [0.05, 0.1) is 5.41 Å². The molecule has 27 heavy (non-hydrogen) atoms. The molecule has 0 bridgehead atoms. The third-order valence-corrected chi connectivity index (χ3v) is 4.70. The van der Waals surface area contributed by atoms with Crippen molar-refractivity contribution < 1.29 is 0 Å². The van der Waals surface area contributed by atoms with Crippen LogP contribution in [-0.2, 0) is 5.41 Å². The molecule has 0 N–H and O–H groups in total. The van der Waals surface area contributed by atoms with Crippen molar-refractivity contribution in [1.82, 2.24) is 0 Å². The average Bonchev–Trinajstić information content (AvgIpc) is 2.75. The summed E-state index contributed by atoms with van der Waals surface area (Å²) in [6, 6.07) is 30.9. The summed E-state index contributed by atoms with van der Waals surface area (Å²) in [5, 5.41) is 0. The third-order valence-electron chi connectivity index (χ3n) is 4.70. The molecule has 0 fully saturated rings. The van der Waals surface area contributed by atoms with Crippen molar-refractivity contribution in [3.63, 3.8) is 0 Å². The molecule has 0 radical (unpaired) electrons. The SMILES string of the molecule is C#CCC(C#C/C=C(\C)c1ccccc1)(c1ccccc1)c1ccccc1. The first-order chi connectivity index (χ1) is 13.3. The quantitative estimate of drug-likeness (QED) is 0.501. The Balaban J connectivity index is 2.10. The van der Waals surface area contributed by atoms with Crippen molar-refractivity contribution in [3.05, 3.63) is 114 Å². The predicted octanol–water partition coefficient (Wildman–Crippen LogP) is 6.10. The lowest BCUT2D eigenvalue weighted by Gasteiger charge is -2.28. The van der Waals surface area contributed by atoms with Crippen LogP contribution in [0.1, 0.15) is 30.0 Å². The minimum absolute atomic E-state index is 0.520. The summed E-state index contributed by atoms with van der Waals surface area (Å²) in [7, 11) is 0. The summed E-state index contributed by atoms with van der Waals surface area (Å²) in [5.41, 5.74) is 4.03. The lowest BCUT2D eigenvalue weighted by molar-refractivity contribution is 0.692. The van der Waals surface area contributed by atoms with E-state index < -0.39 is 5.41 Å². The second-order valence-electron chi connectivity index (χ2n) is 6.48. The molecule has 3 aromatic rings. The normalized spacial score (nSPS) is 11.2. The molecule has 130 valence electrons. The number of benzene rings is 3. The average molecular weight is 346 g/mol. The van der Waals surface area contributed by atoms with Gasteiger partial charge in [-0.05, 0) is 35.3 Å². The van der Waals surface area contributed by atoms with Gasteiger partial charge in [0.15, 0.2) is 0 Å². The Morgan fingerprint density at radius 2 is 1.30 bits per heavy atom. The molecule has 0 nitrogen and oxygen atoms in total. The van der Waals surface area contributed by atoms with Crippen LogP contribution >= 0.6 is 0 Å². The summed E-state index contributed by atoms with van der Waals surface area (Å²) in [6.45, 7) is 2.08. The second kappa shape index (κ2) is 8.75. The lowest BCUT2D eigenvalue weighted by atomic mass is 9.72. The van der Waals surface area contributed by atoms with Crippen LogP contribution in [0.3, 0.4) is 0 Å². The maximum Gasteiger partial charge on any atom is 0.0924 e. The number of rotatable bonds is 4. The van der Waals surface area contributed by atoms with Crippen molar-refractivity contribution in [2.75, 3.05) is 0 Å². The summed E-state index contributed by atoms with van der Waals surface area (Å²) in [6.07, 6.45) is 8.28. The van der Waals surface area contributed by atoms with Gasteiger partial charge in [0.25, 0.3) is 0 Å². The number of terminal acetylenes is 1. The Hall–Kier alpha value is -3.48. The number of hydrogen-bond donors (Lipinski definition) is 0. The highest BCUT2D eigenvalue weighted by atomic mass is 14.3. The predicted molar refractivity (Wildman–Crippen MR) is 115 cm³/mol. The summed E-state index contributed by atoms with van der Waals surface area (Å²) >= 11 is 0. The van der Waals surface area contributed by atoms with E-state index in [-0.39, 0.29) is 0 Å². The molecule has 3 rings (SSSR count). The van der Waals surface area contributed by atoms with Gasteiger partial charge in [0.2, 0.25) is 0 Å². The van der Waals surface area contributed by atoms with E-state index in [1.807, 2.05) is 60.7 Å². The first kappa shape index (κ1) is 18.3. The van der Waals surface area contributed by atoms with E-state index in [0.29, 0.717) is 6.42 Å². The van der Waals surface area contributed by atoms with Crippen LogP contribution in [0, 0.1) is 24.2 Å². The highest BCUT2D eigenvalue weighted by Gasteiger charge is 2.31. The van der Waals surface area contributed by atoms with E-state index in [4.69, 9.17) is 6.42 Å². The fourth-order valence-corrected chi connectivity index (χ4v) is 3.21. The van der Waals surface area contributed by atoms with Gasteiger partial charge in [-0.3, -0.25) is 0 Å². The van der Waals surface area contributed by atoms with Gasteiger partial charge in [0, 0.05) is 6.42 Å². The van der Waals surface area contributed by atoms with E-state index >= 15 is 0 Å². The van der Waals surface area contributed by atoms with Gasteiger partial charge >= 0.3 is 0 Å². The first-order valence-corrected chi connectivity index (χ1v) is 9.06. The van der Waals surface area contributed by atoms with Gasteiger partial charge in [-0.1, -0.05) is 103 Å². The van der Waals surface area contributed by atoms with Crippen LogP contribution in [0.5, 0.6) is 0 Å². The molecule has 3 aromatic carbocycles. The molecule has 0 aliphatic rings. The van der Waals surface area contributed by atoms with Crippen LogP contribution in [0.4, 0.5) is 0 Å². The molecular weight excluding hydrogens is 324 g/mol. The number of hydrogen-bond acceptors (Lipinski definition) is 0. The first-order valence-electron chi connectivity index (χ1n) is 9.06. The van der Waals surface area contributed by atoms with Crippen molar-refractivity contribution >= 4 is 5.57 Å². The van der Waals surface area contributed by atoms with Crippen molar-refractivity contribution in [2.24, 2.45) is 0 Å². The fourth-order valence-electron chi connectivity index (χ4n) is 3.21. The maximum absolute atomic E-state index is 5.78. The van der Waals surface area contributed by atoms with Crippen LogP contribution in [0.25, 0.3) is 5.57 Å². The molecule has 0 heterocycles. The zero-order valence-electron chi connectivity index (χ0n) is 15.5. The topological polar surface area (TPSA) is 0 Å². The number of allylic oxidation sites excluding steroid dienone is 2. The largest absolute Gasteiger partial charge is 0.120 e. The molecule has 0 aliphatic carbocycles. The lowest BCUT2D eigenvalue weighted by Crippen LogP contribution is -2.25. The summed E-state index contributed by atoms with van der Waals surface area (Å²) in [4.78, 5) is 0. The zero-order valence-corrected chi connectivity index (χ0v) is 15.5. The van der Waals surface area contributed by atoms with Crippen LogP contribution in [0.2, 0.25) is 0 Å². The van der Waals surface area contributed by atoms with E-state index in [9.17, 15) is 0 Å². The molecule has 0 heteroatoms. The van der Waals surface area contributed by atoms with Crippen LogP contribution < -0.4 is 0 Å². The van der Waals surface area contributed by atoms with Crippen LogP contribution in [-0.4, -0.2) is 0 Å². The molecule has 0 unspecified atom stereocenters. The molecule has 0 saturated heterocycles. The monoisotopic (exact) mass is 346 g/mol. The molecule has 0 saturated carbocycles. The van der Waals surface area contributed by atoms with Crippen LogP contribution in [0.15, 0.2) is 97.1 Å². The van der Waals surface area contributed by atoms with Gasteiger partial charge < -0.3 is 0 Å². The van der Waals surface area contributed by atoms with Crippen molar-refractivity contribution in [1.29, 1.82) is 0 Å². The summed E-state index contributed by atoms with van der Waals surface area (Å²) < 4.78 is 0. The Morgan fingerprint density at radius 1 is 0.815 bits per heavy atom. The minimum Gasteiger partial charge on any atom is -0.120 e. The minimum atomic E-state index is -0.523. The van der Waals surface area contributed by atoms with Crippen molar-refractivity contribution in [2.45, 2.75) is 18.8 Å². The van der Waals surface area contributed by atoms with E-state index in [2.05, 4.69) is 61.1 Å². The Morgan fingerprint density at radius 3 is 1.78 bits per heavy atom. The Kier molecular flexibility index (Phi) is 5.94. The van der Waals surface area contributed by atoms with E-state index in [0.717, 1.165) is 16.7 Å². The fraction of sp³-hybridized carbons (Fsp3) is 0.111. The standard InChI is InChI=1S/C27H22/c1-3-21-27(25-17-9-5-10-18-25,26-19-11-6-12-20-26)22-13-14-23(2)24-15-7-4-8-16-24/h1,4-12,14-20H,21H2,2H3/b23-14+. The summed E-state index contributed by atoms with van der Waals surface area (Å²) in [5.74, 6) is 9.65. The maximum atomic E-state index is 5.78. The zero-order chi connectivity index (χ0) is 19.0. The van der Waals surface area contributed by atoms with E-state index in [1.165, 1.54) is 5.56 Å². The Bertz CT molecular complexity index is 952. The molecule has 0 aromatic heterocycles. The smallest absolute Gasteiger partial charge is 0.0924 e. The van der Waals surface area contributed by atoms with Crippen molar-refractivity contribution in [3.8, 4) is 24.2 Å². The third kappa shape index (κ3) is 4.20. The molecular formula is C27H22. The highest BCUT2D eigenvalue weighted by Crippen LogP contribution is 2.35. The van der Waals surface area contributed by atoms with E-state index in [1.54, 1.807) is 0 Å². The molecule has 0 spiro atoms. The second-order valence-corrected chi connectivity index (χ2v) is 6.48. The highest BCUT2D eigenvalue weighted by molar-refractivity contribution is 5.66. The van der Waals surface area contributed by atoms with Gasteiger partial charge in [-0.25, -0.2) is 0 Å². The Labute approximate surface area is 162 Å².